The summed E-state index contributed by atoms with van der Waals surface area (Å²) in [5.74, 6) is -1.84. The molecule has 0 aliphatic rings. The molecular weight excluding hydrogens is 261 g/mol. The van der Waals surface area contributed by atoms with Gasteiger partial charge >= 0.3 is 13.6 Å². The van der Waals surface area contributed by atoms with Gasteiger partial charge in [0.05, 0.1) is 11.9 Å². The van der Waals surface area contributed by atoms with Crippen molar-refractivity contribution >= 4 is 23.6 Å². The highest BCUT2D eigenvalue weighted by atomic mass is 32.2. The lowest BCUT2D eigenvalue weighted by Crippen LogP contribution is -2.39. The highest BCUT2D eigenvalue weighted by molar-refractivity contribution is 7.89. The van der Waals surface area contributed by atoms with Crippen LogP contribution in [-0.2, 0) is 19.4 Å². The maximum atomic E-state index is 11.2. The molecule has 96 valence electrons. The Balaban J connectivity index is 4.17. The van der Waals surface area contributed by atoms with E-state index in [9.17, 15) is 17.8 Å². The zero-order valence-corrected chi connectivity index (χ0v) is 10.2. The molecule has 0 amide bonds. The summed E-state index contributed by atoms with van der Waals surface area (Å²) in [6.45, 7) is 1.16. The van der Waals surface area contributed by atoms with E-state index >= 15 is 0 Å². The van der Waals surface area contributed by atoms with Crippen LogP contribution in [0.25, 0.3) is 0 Å². The zero-order chi connectivity index (χ0) is 13.0. The van der Waals surface area contributed by atoms with Gasteiger partial charge in [0, 0.05) is 0 Å². The molecule has 0 fully saturated rings. The van der Waals surface area contributed by atoms with Crippen LogP contribution in [0.4, 0.5) is 0 Å². The number of rotatable bonds is 7. The van der Waals surface area contributed by atoms with Gasteiger partial charge in [-0.05, 0) is 13.3 Å². The van der Waals surface area contributed by atoms with E-state index in [1.807, 2.05) is 4.72 Å². The second-order valence-electron chi connectivity index (χ2n) is 3.24. The van der Waals surface area contributed by atoms with Crippen molar-refractivity contribution in [2.75, 3.05) is 11.9 Å². The van der Waals surface area contributed by atoms with Crippen LogP contribution in [0.2, 0.25) is 0 Å². The Hall–Kier alpha value is -0.470. The van der Waals surface area contributed by atoms with Crippen LogP contribution < -0.4 is 4.72 Å². The summed E-state index contributed by atoms with van der Waals surface area (Å²) in [7, 11) is -8.04. The van der Waals surface area contributed by atoms with Crippen LogP contribution in [-0.4, -0.2) is 47.2 Å². The lowest BCUT2D eigenvalue weighted by atomic mass is 10.4. The highest BCUT2D eigenvalue weighted by Crippen LogP contribution is 2.34. The van der Waals surface area contributed by atoms with E-state index in [0.717, 1.165) is 6.92 Å². The largest absolute Gasteiger partial charge is 0.480 e. The number of aliphatic carboxylic acids is 1. The number of hydrogen-bond acceptors (Lipinski definition) is 4. The predicted octanol–water partition coefficient (Wildman–Crippen LogP) is -1.05. The number of carbonyl (C=O) groups is 1. The first kappa shape index (κ1) is 15.5. The van der Waals surface area contributed by atoms with E-state index in [1.54, 1.807) is 0 Å². The van der Waals surface area contributed by atoms with Gasteiger partial charge in [-0.1, -0.05) is 0 Å². The third-order valence-electron chi connectivity index (χ3n) is 1.59. The van der Waals surface area contributed by atoms with Gasteiger partial charge in [0.25, 0.3) is 0 Å². The number of nitrogens with one attached hydrogen (secondary N) is 1. The molecule has 16 heavy (non-hydrogen) atoms. The maximum absolute atomic E-state index is 11.2. The van der Waals surface area contributed by atoms with E-state index in [0.29, 0.717) is 0 Å². The van der Waals surface area contributed by atoms with Gasteiger partial charge in [-0.3, -0.25) is 9.36 Å². The summed E-state index contributed by atoms with van der Waals surface area (Å²) in [6.07, 6.45) is -0.776. The summed E-state index contributed by atoms with van der Waals surface area (Å²) in [4.78, 5) is 27.3. The molecule has 0 aromatic carbocycles. The van der Waals surface area contributed by atoms with Gasteiger partial charge in [-0.25, -0.2) is 13.1 Å². The van der Waals surface area contributed by atoms with Crippen LogP contribution >= 0.6 is 7.60 Å². The molecule has 0 aliphatic carbocycles. The Bertz CT molecular complexity index is 386. The van der Waals surface area contributed by atoms with Crippen LogP contribution in [0.3, 0.4) is 0 Å². The molecule has 0 radical (unpaired) electrons. The fourth-order valence-corrected chi connectivity index (χ4v) is 2.90. The van der Waals surface area contributed by atoms with Crippen molar-refractivity contribution in [3.05, 3.63) is 0 Å². The molecule has 0 bridgehead atoms. The van der Waals surface area contributed by atoms with Crippen LogP contribution in [0.1, 0.15) is 13.3 Å². The predicted molar refractivity (Wildman–Crippen MR) is 55.5 cm³/mol. The smallest absolute Gasteiger partial charge is 0.325 e. The molecule has 0 saturated heterocycles. The second kappa shape index (κ2) is 5.74. The van der Waals surface area contributed by atoms with Gasteiger partial charge in [0.1, 0.15) is 6.04 Å². The summed E-state index contributed by atoms with van der Waals surface area (Å²) in [5.41, 5.74) is 0. The van der Waals surface area contributed by atoms with Crippen LogP contribution in [0, 0.1) is 0 Å². The molecule has 0 aromatic rings. The van der Waals surface area contributed by atoms with E-state index < -0.39 is 41.5 Å². The minimum Gasteiger partial charge on any atom is -0.480 e. The molecular formula is C6H14NO7PS. The standard InChI is InChI=1S/C6H14NO7PS/c1-5(6(8)9)7-16(13,14)4-2-3-15(10,11)12/h5,7H,2-4H2,1H3,(H,8,9)(H2,10,11,12)/t5-/m1/s1. The highest BCUT2D eigenvalue weighted by Gasteiger charge is 2.21. The van der Waals surface area contributed by atoms with Crippen molar-refractivity contribution in [1.82, 2.24) is 4.72 Å². The SMILES string of the molecule is C[C@@H](NS(=O)(=O)CCCP(=O)(O)O)C(=O)O. The lowest BCUT2D eigenvalue weighted by molar-refractivity contribution is -0.138. The van der Waals surface area contributed by atoms with Crippen molar-refractivity contribution in [1.29, 1.82) is 0 Å². The Morgan fingerprint density at radius 3 is 2.31 bits per heavy atom. The summed E-state index contributed by atoms with van der Waals surface area (Å²) in [5, 5.41) is 8.45. The average molecular weight is 275 g/mol. The Morgan fingerprint density at radius 1 is 1.44 bits per heavy atom. The molecule has 1 atom stereocenters. The Morgan fingerprint density at radius 2 is 1.94 bits per heavy atom. The van der Waals surface area contributed by atoms with Gasteiger partial charge in [-0.2, -0.15) is 0 Å². The molecule has 0 heterocycles. The maximum Gasteiger partial charge on any atom is 0.325 e. The molecule has 10 heteroatoms. The molecule has 0 saturated carbocycles. The molecule has 0 aromatic heterocycles. The third-order valence-corrected chi connectivity index (χ3v) is 4.03. The number of carboxylic acids is 1. The van der Waals surface area contributed by atoms with Gasteiger partial charge in [0.15, 0.2) is 0 Å². The first-order valence-electron chi connectivity index (χ1n) is 4.31. The van der Waals surface area contributed by atoms with Gasteiger partial charge in [0.2, 0.25) is 10.0 Å². The van der Waals surface area contributed by atoms with Gasteiger partial charge < -0.3 is 14.9 Å². The first-order valence-corrected chi connectivity index (χ1v) is 7.76. The van der Waals surface area contributed by atoms with E-state index in [4.69, 9.17) is 14.9 Å². The molecule has 0 unspecified atom stereocenters. The van der Waals surface area contributed by atoms with Crippen LogP contribution in [0.15, 0.2) is 0 Å². The quantitative estimate of drug-likeness (QED) is 0.434. The molecule has 0 rings (SSSR count). The molecule has 0 aliphatic heterocycles. The third kappa shape index (κ3) is 7.77. The van der Waals surface area contributed by atoms with Crippen molar-refractivity contribution in [3.8, 4) is 0 Å². The van der Waals surface area contributed by atoms with E-state index in [2.05, 4.69) is 0 Å². The summed E-state index contributed by atoms with van der Waals surface area (Å²) in [6, 6.07) is -1.26. The monoisotopic (exact) mass is 275 g/mol. The fraction of sp³-hybridized carbons (Fsp3) is 0.833. The van der Waals surface area contributed by atoms with E-state index in [1.165, 1.54) is 0 Å². The van der Waals surface area contributed by atoms with Crippen molar-refractivity contribution in [3.63, 3.8) is 0 Å². The molecule has 4 N–H and O–H groups in total. The van der Waals surface area contributed by atoms with Gasteiger partial charge in [-0.15, -0.1) is 0 Å². The average Bonchev–Trinajstić information content (AvgIpc) is 1.99. The molecule has 8 nitrogen and oxygen atoms in total. The van der Waals surface area contributed by atoms with E-state index in [-0.39, 0.29) is 6.42 Å². The zero-order valence-electron chi connectivity index (χ0n) is 8.53. The minimum absolute atomic E-state index is 0.230. The van der Waals surface area contributed by atoms with Crippen LogP contribution in [0.5, 0.6) is 0 Å². The van der Waals surface area contributed by atoms with Crippen molar-refractivity contribution < 1.29 is 32.7 Å². The summed E-state index contributed by atoms with van der Waals surface area (Å²) < 4.78 is 34.7. The lowest BCUT2D eigenvalue weighted by Gasteiger charge is -2.10. The Labute approximate surface area is 92.9 Å². The van der Waals surface area contributed by atoms with Crippen molar-refractivity contribution in [2.24, 2.45) is 0 Å². The Kier molecular flexibility index (Phi) is 5.57. The topological polar surface area (TPSA) is 141 Å². The normalized spacial score (nSPS) is 14.7. The van der Waals surface area contributed by atoms with Crippen molar-refractivity contribution in [2.45, 2.75) is 19.4 Å². The number of carboxylic acid groups (broad SMARTS) is 1. The minimum atomic E-state index is -4.21. The first-order chi connectivity index (χ1) is 7.03. The molecule has 0 spiro atoms. The second-order valence-corrected chi connectivity index (χ2v) is 6.89. The number of sulfonamides is 1. The summed E-state index contributed by atoms with van der Waals surface area (Å²) >= 11 is 0. The fourth-order valence-electron chi connectivity index (χ4n) is 0.839. The number of hydrogen-bond donors (Lipinski definition) is 4.